The van der Waals surface area contributed by atoms with E-state index < -0.39 is 0 Å². The molecule has 0 saturated carbocycles. The molecule has 0 radical (unpaired) electrons. The Balaban J connectivity index is 1.92. The van der Waals surface area contributed by atoms with E-state index in [4.69, 9.17) is 0 Å². The topological polar surface area (TPSA) is 73.5 Å². The number of rotatable bonds is 5. The maximum atomic E-state index is 12.0. The number of amides is 3. The number of fused-ring (bicyclic) bond motifs is 1. The highest BCUT2D eigenvalue weighted by Gasteiger charge is 2.17. The van der Waals surface area contributed by atoms with Gasteiger partial charge in [0, 0.05) is 24.7 Å². The summed E-state index contributed by atoms with van der Waals surface area (Å²) in [6.07, 6.45) is 1.26. The van der Waals surface area contributed by atoms with Gasteiger partial charge in [-0.05, 0) is 51.6 Å². The van der Waals surface area contributed by atoms with Gasteiger partial charge in [-0.15, -0.1) is 0 Å². The molecule has 0 aliphatic carbocycles. The molecule has 0 bridgehead atoms. The molecule has 0 unspecified atom stereocenters. The fraction of sp³-hybridized carbons (Fsp3) is 0.529. The highest BCUT2D eigenvalue weighted by Crippen LogP contribution is 2.26. The highest BCUT2D eigenvalue weighted by atomic mass is 16.2. The van der Waals surface area contributed by atoms with Gasteiger partial charge in [0.15, 0.2) is 0 Å². The Labute approximate surface area is 137 Å². The van der Waals surface area contributed by atoms with Gasteiger partial charge in [0.2, 0.25) is 5.91 Å². The van der Waals surface area contributed by atoms with Crippen LogP contribution in [0.5, 0.6) is 0 Å². The van der Waals surface area contributed by atoms with Crippen LogP contribution in [0.15, 0.2) is 18.2 Å². The Morgan fingerprint density at radius 1 is 1.30 bits per heavy atom. The third-order valence-corrected chi connectivity index (χ3v) is 4.31. The van der Waals surface area contributed by atoms with Crippen LogP contribution in [0, 0.1) is 0 Å². The number of urea groups is 1. The number of aryl methyl sites for hydroxylation is 1. The number of nitrogens with zero attached hydrogens (tertiary/aromatic N) is 1. The second-order valence-corrected chi connectivity index (χ2v) is 6.35. The van der Waals surface area contributed by atoms with Crippen molar-refractivity contribution in [1.82, 2.24) is 15.5 Å². The summed E-state index contributed by atoms with van der Waals surface area (Å²) in [4.78, 5) is 25.4. The minimum Gasteiger partial charge on any atom is -0.337 e. The molecule has 1 aromatic rings. The molecule has 0 aromatic heterocycles. The number of hydrogen-bond acceptors (Lipinski definition) is 3. The molecular weight excluding hydrogens is 292 g/mol. The van der Waals surface area contributed by atoms with E-state index in [1.54, 1.807) is 0 Å². The number of hydrogen-bond donors (Lipinski definition) is 3. The van der Waals surface area contributed by atoms with Gasteiger partial charge in [-0.3, -0.25) is 4.79 Å². The van der Waals surface area contributed by atoms with E-state index in [9.17, 15) is 9.59 Å². The lowest BCUT2D eigenvalue weighted by atomic mass is 9.98. The first-order chi connectivity index (χ1) is 10.9. The van der Waals surface area contributed by atoms with Crippen molar-refractivity contribution in [2.45, 2.75) is 38.8 Å². The first kappa shape index (κ1) is 17.3. The van der Waals surface area contributed by atoms with Gasteiger partial charge >= 0.3 is 6.03 Å². The standard InChI is InChI=1S/C17H26N4O2/c1-11(21(3)4)10-18-17(23)19-12(2)13-5-7-15-14(9-13)6-8-16(22)20-15/h5,7,9,11-12H,6,8,10H2,1-4H3,(H,20,22)(H2,18,19,23)/t11-,12+/m1/s1. The predicted molar refractivity (Wildman–Crippen MR) is 91.5 cm³/mol. The van der Waals surface area contributed by atoms with E-state index in [1.807, 2.05) is 33.2 Å². The van der Waals surface area contributed by atoms with Gasteiger partial charge in [0.25, 0.3) is 0 Å². The predicted octanol–water partition coefficient (Wildman–Crippen LogP) is 1.88. The third-order valence-electron chi connectivity index (χ3n) is 4.31. The smallest absolute Gasteiger partial charge is 0.315 e. The highest BCUT2D eigenvalue weighted by molar-refractivity contribution is 5.93. The molecule has 0 saturated heterocycles. The first-order valence-electron chi connectivity index (χ1n) is 8.00. The van der Waals surface area contributed by atoms with Crippen LogP contribution in [0.1, 0.15) is 37.4 Å². The fourth-order valence-corrected chi connectivity index (χ4v) is 2.43. The van der Waals surface area contributed by atoms with Crippen molar-refractivity contribution < 1.29 is 9.59 Å². The van der Waals surface area contributed by atoms with Crippen molar-refractivity contribution in [3.8, 4) is 0 Å². The van der Waals surface area contributed by atoms with Crippen molar-refractivity contribution in [2.75, 3.05) is 26.0 Å². The number of likely N-dealkylation sites (N-methyl/N-ethyl adjacent to an activating group) is 1. The summed E-state index contributed by atoms with van der Waals surface area (Å²) >= 11 is 0. The summed E-state index contributed by atoms with van der Waals surface area (Å²) in [5.74, 6) is 0.0609. The van der Waals surface area contributed by atoms with E-state index in [0.717, 1.165) is 23.2 Å². The van der Waals surface area contributed by atoms with Crippen molar-refractivity contribution in [3.63, 3.8) is 0 Å². The molecule has 2 rings (SSSR count). The van der Waals surface area contributed by atoms with Crippen LogP contribution in [0.2, 0.25) is 0 Å². The zero-order chi connectivity index (χ0) is 17.0. The molecule has 1 aliphatic heterocycles. The molecule has 23 heavy (non-hydrogen) atoms. The molecule has 2 atom stereocenters. The summed E-state index contributed by atoms with van der Waals surface area (Å²) in [7, 11) is 3.97. The molecule has 6 nitrogen and oxygen atoms in total. The van der Waals surface area contributed by atoms with Crippen LogP contribution in [0.3, 0.4) is 0 Å². The molecule has 126 valence electrons. The zero-order valence-electron chi connectivity index (χ0n) is 14.3. The molecular formula is C17H26N4O2. The van der Waals surface area contributed by atoms with Crippen LogP contribution >= 0.6 is 0 Å². The lowest BCUT2D eigenvalue weighted by Gasteiger charge is -2.22. The van der Waals surface area contributed by atoms with E-state index in [0.29, 0.717) is 13.0 Å². The Morgan fingerprint density at radius 2 is 2.04 bits per heavy atom. The van der Waals surface area contributed by atoms with Crippen LogP contribution in [-0.4, -0.2) is 43.5 Å². The van der Waals surface area contributed by atoms with Crippen molar-refractivity contribution in [2.24, 2.45) is 0 Å². The average Bonchev–Trinajstić information content (AvgIpc) is 2.51. The Bertz CT molecular complexity index is 586. The molecule has 0 spiro atoms. The Hall–Kier alpha value is -2.08. The Kier molecular flexibility index (Phi) is 5.60. The summed E-state index contributed by atoms with van der Waals surface area (Å²) in [5, 5.41) is 8.70. The second-order valence-electron chi connectivity index (χ2n) is 6.35. The lowest BCUT2D eigenvalue weighted by molar-refractivity contribution is -0.116. The van der Waals surface area contributed by atoms with E-state index >= 15 is 0 Å². The summed E-state index contributed by atoms with van der Waals surface area (Å²) in [6.45, 7) is 4.61. The zero-order valence-corrected chi connectivity index (χ0v) is 14.3. The fourth-order valence-electron chi connectivity index (χ4n) is 2.43. The average molecular weight is 318 g/mol. The second kappa shape index (κ2) is 7.46. The Morgan fingerprint density at radius 3 is 2.74 bits per heavy atom. The van der Waals surface area contributed by atoms with Gasteiger partial charge in [-0.25, -0.2) is 4.79 Å². The van der Waals surface area contributed by atoms with Crippen molar-refractivity contribution >= 4 is 17.6 Å². The minimum atomic E-state index is -0.169. The number of carbonyl (C=O) groups is 2. The summed E-state index contributed by atoms with van der Waals surface area (Å²) in [6, 6.07) is 5.93. The summed E-state index contributed by atoms with van der Waals surface area (Å²) in [5.41, 5.74) is 3.04. The third kappa shape index (κ3) is 4.69. The quantitative estimate of drug-likeness (QED) is 0.776. The monoisotopic (exact) mass is 318 g/mol. The van der Waals surface area contributed by atoms with Crippen molar-refractivity contribution in [1.29, 1.82) is 0 Å². The van der Waals surface area contributed by atoms with Crippen LogP contribution in [-0.2, 0) is 11.2 Å². The van der Waals surface area contributed by atoms with Gasteiger partial charge in [0.05, 0.1) is 6.04 Å². The van der Waals surface area contributed by atoms with E-state index in [-0.39, 0.29) is 24.0 Å². The minimum absolute atomic E-state index is 0.0609. The number of benzene rings is 1. The summed E-state index contributed by atoms with van der Waals surface area (Å²) < 4.78 is 0. The van der Waals surface area contributed by atoms with E-state index in [2.05, 4.69) is 33.8 Å². The SMILES string of the molecule is C[C@H](NC(=O)NC[C@@H](C)N(C)C)c1ccc2c(c1)CCC(=O)N2. The molecule has 1 aromatic carbocycles. The van der Waals surface area contributed by atoms with Crippen LogP contribution < -0.4 is 16.0 Å². The van der Waals surface area contributed by atoms with Crippen molar-refractivity contribution in [3.05, 3.63) is 29.3 Å². The first-order valence-corrected chi connectivity index (χ1v) is 8.00. The molecule has 6 heteroatoms. The number of carbonyl (C=O) groups excluding carboxylic acids is 2. The van der Waals surface area contributed by atoms with Gasteiger partial charge in [-0.1, -0.05) is 12.1 Å². The van der Waals surface area contributed by atoms with E-state index in [1.165, 1.54) is 0 Å². The molecule has 1 heterocycles. The lowest BCUT2D eigenvalue weighted by Crippen LogP contribution is -2.43. The number of nitrogens with one attached hydrogen (secondary N) is 3. The molecule has 0 fully saturated rings. The van der Waals surface area contributed by atoms with Gasteiger partial charge in [-0.2, -0.15) is 0 Å². The van der Waals surface area contributed by atoms with Crippen LogP contribution in [0.25, 0.3) is 0 Å². The van der Waals surface area contributed by atoms with Gasteiger partial charge < -0.3 is 20.9 Å². The maximum Gasteiger partial charge on any atom is 0.315 e. The maximum absolute atomic E-state index is 12.0. The largest absolute Gasteiger partial charge is 0.337 e. The van der Waals surface area contributed by atoms with Gasteiger partial charge in [0.1, 0.15) is 0 Å². The van der Waals surface area contributed by atoms with Crippen LogP contribution in [0.4, 0.5) is 10.5 Å². The normalized spacial score (nSPS) is 16.3. The molecule has 3 amide bonds. The molecule has 3 N–H and O–H groups in total. The number of anilines is 1. The molecule has 1 aliphatic rings.